The van der Waals surface area contributed by atoms with E-state index in [1.165, 1.54) is 6.08 Å². The predicted octanol–water partition coefficient (Wildman–Crippen LogP) is 1.74. The van der Waals surface area contributed by atoms with Crippen molar-refractivity contribution in [1.29, 1.82) is 0 Å². The van der Waals surface area contributed by atoms with Crippen LogP contribution in [-0.2, 0) is 14.3 Å². The maximum absolute atomic E-state index is 12.8. The monoisotopic (exact) mass is 271 g/mol. The van der Waals surface area contributed by atoms with Gasteiger partial charge in [-0.2, -0.15) is 13.2 Å². The van der Waals surface area contributed by atoms with E-state index in [9.17, 15) is 22.8 Å². The number of aliphatic imine (C=N–C) groups is 1. The van der Waals surface area contributed by atoms with E-state index in [0.717, 1.165) is 25.3 Å². The molecule has 19 heavy (non-hydrogen) atoms. The molecule has 0 saturated heterocycles. The molecule has 2 rings (SSSR count). The van der Waals surface area contributed by atoms with Gasteiger partial charge < -0.3 is 4.74 Å². The molecule has 1 heterocycles. The molecule has 0 bridgehead atoms. The van der Waals surface area contributed by atoms with E-state index >= 15 is 0 Å². The fourth-order valence-electron chi connectivity index (χ4n) is 1.80. The Labute approximate surface area is 106 Å². The van der Waals surface area contributed by atoms with Gasteiger partial charge >= 0.3 is 12.1 Å². The largest absolute Gasteiger partial charge is 0.464 e. The number of hydrogen-bond acceptors (Lipinski definition) is 4. The van der Waals surface area contributed by atoms with E-state index < -0.39 is 40.8 Å². The van der Waals surface area contributed by atoms with Crippen molar-refractivity contribution in [2.24, 2.45) is 10.9 Å². The molecular formula is C12H8F3NO3. The second-order valence-electron chi connectivity index (χ2n) is 3.86. The number of methoxy groups -OCH3 is 1. The number of allylic oxidation sites excluding steroid dienone is 5. The standard InChI is InChI=1S/C12H8F3NO3/c1-19-11(18)8-5-9(17)6-3-2-4-7(10(6)16-8)12(13,14)15/h2-6H,1H3. The highest BCUT2D eigenvalue weighted by molar-refractivity contribution is 6.23. The van der Waals surface area contributed by atoms with Crippen molar-refractivity contribution < 1.29 is 27.5 Å². The Morgan fingerprint density at radius 1 is 1.42 bits per heavy atom. The Balaban J connectivity index is 2.50. The lowest BCUT2D eigenvalue weighted by Gasteiger charge is -2.24. The molecule has 0 radical (unpaired) electrons. The quantitative estimate of drug-likeness (QED) is 0.682. The summed E-state index contributed by atoms with van der Waals surface area (Å²) in [6, 6.07) is 0. The number of fused-ring (bicyclic) bond motifs is 1. The summed E-state index contributed by atoms with van der Waals surface area (Å²) in [6.45, 7) is 0. The average Bonchev–Trinajstić information content (AvgIpc) is 2.35. The molecule has 1 unspecified atom stereocenters. The van der Waals surface area contributed by atoms with Crippen LogP contribution in [0.15, 0.2) is 40.6 Å². The van der Waals surface area contributed by atoms with Crippen molar-refractivity contribution in [3.8, 4) is 0 Å². The van der Waals surface area contributed by atoms with Crippen LogP contribution in [0.25, 0.3) is 0 Å². The number of halogens is 3. The van der Waals surface area contributed by atoms with Crippen molar-refractivity contribution >= 4 is 17.5 Å². The van der Waals surface area contributed by atoms with Crippen molar-refractivity contribution in [3.05, 3.63) is 35.6 Å². The third-order valence-corrected chi connectivity index (χ3v) is 2.66. The van der Waals surface area contributed by atoms with E-state index in [2.05, 4.69) is 9.73 Å². The van der Waals surface area contributed by atoms with Gasteiger partial charge in [0.05, 0.1) is 24.3 Å². The molecule has 2 aliphatic rings. The van der Waals surface area contributed by atoms with E-state index in [1.807, 2.05) is 0 Å². The SMILES string of the molecule is COC(=O)C1=CC(=O)C2C=CC=C(C(F)(F)F)C2=N1. The van der Waals surface area contributed by atoms with Gasteiger partial charge in [-0.15, -0.1) is 0 Å². The zero-order valence-corrected chi connectivity index (χ0v) is 9.69. The van der Waals surface area contributed by atoms with Gasteiger partial charge in [0.2, 0.25) is 0 Å². The first-order valence-electron chi connectivity index (χ1n) is 5.23. The lowest BCUT2D eigenvalue weighted by atomic mass is 9.86. The van der Waals surface area contributed by atoms with Gasteiger partial charge in [-0.05, 0) is 6.08 Å². The summed E-state index contributed by atoms with van der Waals surface area (Å²) < 4.78 is 42.8. The van der Waals surface area contributed by atoms with Crippen LogP contribution >= 0.6 is 0 Å². The van der Waals surface area contributed by atoms with Gasteiger partial charge in [0.25, 0.3) is 0 Å². The number of carbonyl (C=O) groups excluding carboxylic acids is 2. The third kappa shape index (κ3) is 2.35. The molecule has 0 aromatic carbocycles. The number of rotatable bonds is 1. The van der Waals surface area contributed by atoms with E-state index in [4.69, 9.17) is 0 Å². The van der Waals surface area contributed by atoms with Gasteiger partial charge in [-0.25, -0.2) is 9.79 Å². The first-order chi connectivity index (χ1) is 8.84. The second-order valence-corrected chi connectivity index (χ2v) is 3.86. The van der Waals surface area contributed by atoms with Crippen LogP contribution < -0.4 is 0 Å². The minimum Gasteiger partial charge on any atom is -0.464 e. The highest BCUT2D eigenvalue weighted by Crippen LogP contribution is 2.34. The zero-order valence-electron chi connectivity index (χ0n) is 9.69. The molecule has 7 heteroatoms. The smallest absolute Gasteiger partial charge is 0.418 e. The van der Waals surface area contributed by atoms with Crippen LogP contribution in [0.5, 0.6) is 0 Å². The minimum absolute atomic E-state index is 0.427. The van der Waals surface area contributed by atoms with Crippen molar-refractivity contribution in [2.45, 2.75) is 6.18 Å². The Bertz CT molecular complexity index is 567. The maximum Gasteiger partial charge on any atom is 0.418 e. The Kier molecular flexibility index (Phi) is 3.13. The van der Waals surface area contributed by atoms with Crippen molar-refractivity contribution in [3.63, 3.8) is 0 Å². The molecule has 0 amide bonds. The summed E-state index contributed by atoms with van der Waals surface area (Å²) in [5, 5.41) is 0. The fourth-order valence-corrected chi connectivity index (χ4v) is 1.80. The van der Waals surface area contributed by atoms with Gasteiger partial charge in [0.1, 0.15) is 0 Å². The van der Waals surface area contributed by atoms with E-state index in [1.54, 1.807) is 0 Å². The Hall–Kier alpha value is -2.18. The average molecular weight is 271 g/mol. The minimum atomic E-state index is -4.64. The summed E-state index contributed by atoms with van der Waals surface area (Å²) in [6.07, 6.45) is -0.463. The normalized spacial score (nSPS) is 22.2. The fraction of sp³-hybridized carbons (Fsp3) is 0.250. The van der Waals surface area contributed by atoms with E-state index in [-0.39, 0.29) is 0 Å². The summed E-state index contributed by atoms with van der Waals surface area (Å²) in [7, 11) is 1.06. The summed E-state index contributed by atoms with van der Waals surface area (Å²) in [4.78, 5) is 26.6. The van der Waals surface area contributed by atoms with Crippen molar-refractivity contribution in [2.75, 3.05) is 7.11 Å². The molecule has 0 fully saturated rings. The maximum atomic E-state index is 12.8. The van der Waals surface area contributed by atoms with Crippen LogP contribution in [0.1, 0.15) is 0 Å². The first-order valence-corrected chi connectivity index (χ1v) is 5.23. The molecule has 0 saturated carbocycles. The Morgan fingerprint density at radius 3 is 2.68 bits per heavy atom. The first kappa shape index (κ1) is 13.3. The highest BCUT2D eigenvalue weighted by atomic mass is 19.4. The van der Waals surface area contributed by atoms with Crippen LogP contribution in [0, 0.1) is 5.92 Å². The second kappa shape index (κ2) is 4.49. The molecule has 100 valence electrons. The third-order valence-electron chi connectivity index (χ3n) is 2.66. The van der Waals surface area contributed by atoms with Gasteiger partial charge in [-0.1, -0.05) is 12.2 Å². The van der Waals surface area contributed by atoms with Crippen LogP contribution in [-0.4, -0.2) is 30.8 Å². The number of ether oxygens (including phenoxy) is 1. The number of ketones is 1. The molecule has 0 aromatic rings. The molecule has 1 aliphatic carbocycles. The number of carbonyl (C=O) groups is 2. The summed E-state index contributed by atoms with van der Waals surface area (Å²) in [5.41, 5.74) is -1.92. The molecular weight excluding hydrogens is 263 g/mol. The topological polar surface area (TPSA) is 55.7 Å². The Morgan fingerprint density at radius 2 is 2.11 bits per heavy atom. The number of nitrogens with zero attached hydrogens (tertiary/aromatic N) is 1. The summed E-state index contributed by atoms with van der Waals surface area (Å²) >= 11 is 0. The highest BCUT2D eigenvalue weighted by Gasteiger charge is 2.43. The number of alkyl halides is 3. The predicted molar refractivity (Wildman–Crippen MR) is 59.3 cm³/mol. The molecule has 0 aromatic heterocycles. The van der Waals surface area contributed by atoms with Gasteiger partial charge in [-0.3, -0.25) is 4.79 Å². The summed E-state index contributed by atoms with van der Waals surface area (Å²) in [5.74, 6) is -2.68. The molecule has 1 aliphatic heterocycles. The molecule has 1 atom stereocenters. The van der Waals surface area contributed by atoms with Crippen molar-refractivity contribution in [1.82, 2.24) is 0 Å². The lowest BCUT2D eigenvalue weighted by Crippen LogP contribution is -2.34. The van der Waals surface area contributed by atoms with Gasteiger partial charge in [0.15, 0.2) is 11.5 Å². The van der Waals surface area contributed by atoms with Crippen LogP contribution in [0.3, 0.4) is 0 Å². The lowest BCUT2D eigenvalue weighted by molar-refractivity contribution is -0.136. The molecule has 0 N–H and O–H groups in total. The molecule has 4 nitrogen and oxygen atoms in total. The van der Waals surface area contributed by atoms with E-state index in [0.29, 0.717) is 0 Å². The zero-order chi connectivity index (χ0) is 14.2. The van der Waals surface area contributed by atoms with Crippen LogP contribution in [0.4, 0.5) is 13.2 Å². The van der Waals surface area contributed by atoms with Crippen LogP contribution in [0.2, 0.25) is 0 Å². The number of esters is 1. The molecule has 0 spiro atoms. The number of hydrogen-bond donors (Lipinski definition) is 0. The van der Waals surface area contributed by atoms with Gasteiger partial charge in [0, 0.05) is 6.08 Å².